The topological polar surface area (TPSA) is 24.9 Å². The minimum Gasteiger partial charge on any atom is -0.317 e. The predicted octanol–water partition coefficient (Wildman–Crippen LogP) is 3.09. The first kappa shape index (κ1) is 10.7. The molecular formula is C15H18N2. The van der Waals surface area contributed by atoms with Gasteiger partial charge in [-0.1, -0.05) is 12.1 Å². The summed E-state index contributed by atoms with van der Waals surface area (Å²) in [6.45, 7) is 0. The monoisotopic (exact) mass is 226 g/mol. The molecule has 1 heterocycles. The fourth-order valence-corrected chi connectivity index (χ4v) is 2.89. The van der Waals surface area contributed by atoms with Gasteiger partial charge < -0.3 is 5.32 Å². The second-order valence-electron chi connectivity index (χ2n) is 4.95. The Kier molecular flexibility index (Phi) is 2.81. The second kappa shape index (κ2) is 4.46. The molecule has 0 saturated heterocycles. The van der Waals surface area contributed by atoms with Gasteiger partial charge in [0.2, 0.25) is 0 Å². The molecule has 2 atom stereocenters. The number of nitrogens with zero attached hydrogens (tertiary/aromatic N) is 1. The Labute approximate surface area is 102 Å². The molecule has 2 unspecified atom stereocenters. The largest absolute Gasteiger partial charge is 0.317 e. The molecule has 1 saturated carbocycles. The summed E-state index contributed by atoms with van der Waals surface area (Å²) in [7, 11) is 2.07. The second-order valence-corrected chi connectivity index (χ2v) is 4.95. The maximum atomic E-state index is 4.37. The molecule has 0 radical (unpaired) electrons. The zero-order valence-electron chi connectivity index (χ0n) is 10.2. The quantitative estimate of drug-likeness (QED) is 0.851. The fraction of sp³-hybridized carbons (Fsp3) is 0.400. The van der Waals surface area contributed by atoms with E-state index in [9.17, 15) is 0 Å². The number of nitrogens with one attached hydrogen (secondary N) is 1. The molecule has 2 heteroatoms. The summed E-state index contributed by atoms with van der Waals surface area (Å²) < 4.78 is 0. The van der Waals surface area contributed by atoms with Gasteiger partial charge in [0, 0.05) is 17.6 Å². The molecular weight excluding hydrogens is 208 g/mol. The Balaban J connectivity index is 1.91. The molecule has 17 heavy (non-hydrogen) atoms. The molecule has 0 aliphatic heterocycles. The van der Waals surface area contributed by atoms with E-state index in [1.807, 2.05) is 12.3 Å². The molecule has 1 aromatic carbocycles. The van der Waals surface area contributed by atoms with Crippen molar-refractivity contribution < 1.29 is 0 Å². The lowest BCUT2D eigenvalue weighted by Crippen LogP contribution is -2.21. The van der Waals surface area contributed by atoms with E-state index in [4.69, 9.17) is 0 Å². The van der Waals surface area contributed by atoms with Crippen LogP contribution in [0.4, 0.5) is 0 Å². The van der Waals surface area contributed by atoms with Crippen LogP contribution in [0.15, 0.2) is 36.5 Å². The van der Waals surface area contributed by atoms with E-state index in [0.29, 0.717) is 6.04 Å². The van der Waals surface area contributed by atoms with Crippen LogP contribution in [-0.4, -0.2) is 18.1 Å². The smallest absolute Gasteiger partial charge is 0.0702 e. The SMILES string of the molecule is CNC1CCC(c2ccc3ncccc3c2)C1. The van der Waals surface area contributed by atoms with Crippen molar-refractivity contribution in [1.29, 1.82) is 0 Å². The zero-order valence-corrected chi connectivity index (χ0v) is 10.2. The lowest BCUT2D eigenvalue weighted by Gasteiger charge is -2.11. The summed E-state index contributed by atoms with van der Waals surface area (Å²) in [4.78, 5) is 4.37. The maximum Gasteiger partial charge on any atom is 0.0702 e. The Morgan fingerprint density at radius 2 is 2.18 bits per heavy atom. The number of pyridine rings is 1. The molecule has 1 aromatic heterocycles. The number of benzene rings is 1. The number of rotatable bonds is 2. The van der Waals surface area contributed by atoms with E-state index in [1.54, 1.807) is 0 Å². The van der Waals surface area contributed by atoms with Crippen LogP contribution in [0.3, 0.4) is 0 Å². The Morgan fingerprint density at radius 1 is 1.24 bits per heavy atom. The summed E-state index contributed by atoms with van der Waals surface area (Å²) in [5, 5.41) is 4.65. The highest BCUT2D eigenvalue weighted by atomic mass is 14.9. The average Bonchev–Trinajstić information content (AvgIpc) is 2.87. The van der Waals surface area contributed by atoms with Crippen LogP contribution in [0.1, 0.15) is 30.7 Å². The summed E-state index contributed by atoms with van der Waals surface area (Å²) in [6, 6.07) is 11.6. The molecule has 0 amide bonds. The van der Waals surface area contributed by atoms with Crippen LogP contribution in [0.2, 0.25) is 0 Å². The number of fused-ring (bicyclic) bond motifs is 1. The average molecular weight is 226 g/mol. The molecule has 1 fully saturated rings. The highest BCUT2D eigenvalue weighted by Gasteiger charge is 2.24. The van der Waals surface area contributed by atoms with Gasteiger partial charge in [-0.3, -0.25) is 4.98 Å². The number of aromatic nitrogens is 1. The van der Waals surface area contributed by atoms with Crippen molar-refractivity contribution in [2.75, 3.05) is 7.05 Å². The van der Waals surface area contributed by atoms with Gasteiger partial charge in [-0.25, -0.2) is 0 Å². The van der Waals surface area contributed by atoms with Gasteiger partial charge in [-0.05, 0) is 56.0 Å². The van der Waals surface area contributed by atoms with E-state index in [1.165, 1.54) is 30.2 Å². The van der Waals surface area contributed by atoms with Gasteiger partial charge in [0.15, 0.2) is 0 Å². The Bertz CT molecular complexity index is 521. The third-order valence-corrected chi connectivity index (χ3v) is 3.94. The Morgan fingerprint density at radius 3 is 3.00 bits per heavy atom. The minimum atomic E-state index is 0.699. The van der Waals surface area contributed by atoms with Crippen LogP contribution < -0.4 is 5.32 Å². The molecule has 88 valence electrons. The van der Waals surface area contributed by atoms with E-state index in [0.717, 1.165) is 11.4 Å². The molecule has 0 bridgehead atoms. The molecule has 2 nitrogen and oxygen atoms in total. The number of hydrogen-bond donors (Lipinski definition) is 1. The normalized spacial score (nSPS) is 24.3. The van der Waals surface area contributed by atoms with Gasteiger partial charge in [-0.2, -0.15) is 0 Å². The highest BCUT2D eigenvalue weighted by molar-refractivity contribution is 5.79. The summed E-state index contributed by atoms with van der Waals surface area (Å²) in [6.07, 6.45) is 5.72. The third kappa shape index (κ3) is 2.05. The van der Waals surface area contributed by atoms with Gasteiger partial charge in [0.25, 0.3) is 0 Å². The molecule has 1 N–H and O–H groups in total. The number of hydrogen-bond acceptors (Lipinski definition) is 2. The van der Waals surface area contributed by atoms with Crippen molar-refractivity contribution in [3.8, 4) is 0 Å². The van der Waals surface area contributed by atoms with Gasteiger partial charge in [0.05, 0.1) is 5.52 Å². The van der Waals surface area contributed by atoms with Crippen LogP contribution in [0, 0.1) is 0 Å². The van der Waals surface area contributed by atoms with E-state index < -0.39 is 0 Å². The highest BCUT2D eigenvalue weighted by Crippen LogP contribution is 2.35. The maximum absolute atomic E-state index is 4.37. The lowest BCUT2D eigenvalue weighted by atomic mass is 9.96. The summed E-state index contributed by atoms with van der Waals surface area (Å²) in [5.74, 6) is 0.719. The van der Waals surface area contributed by atoms with Crippen molar-refractivity contribution in [1.82, 2.24) is 10.3 Å². The molecule has 3 rings (SSSR count). The molecule has 0 spiro atoms. The summed E-state index contributed by atoms with van der Waals surface area (Å²) >= 11 is 0. The van der Waals surface area contributed by atoms with Crippen LogP contribution in [0.25, 0.3) is 10.9 Å². The van der Waals surface area contributed by atoms with E-state index >= 15 is 0 Å². The van der Waals surface area contributed by atoms with Gasteiger partial charge in [-0.15, -0.1) is 0 Å². The van der Waals surface area contributed by atoms with Crippen LogP contribution in [-0.2, 0) is 0 Å². The van der Waals surface area contributed by atoms with Crippen molar-refractivity contribution in [3.05, 3.63) is 42.1 Å². The van der Waals surface area contributed by atoms with Crippen LogP contribution in [0.5, 0.6) is 0 Å². The van der Waals surface area contributed by atoms with Gasteiger partial charge >= 0.3 is 0 Å². The third-order valence-electron chi connectivity index (χ3n) is 3.94. The van der Waals surface area contributed by atoms with Crippen LogP contribution >= 0.6 is 0 Å². The van der Waals surface area contributed by atoms with E-state index in [-0.39, 0.29) is 0 Å². The summed E-state index contributed by atoms with van der Waals surface area (Å²) in [5.41, 5.74) is 2.57. The fourth-order valence-electron chi connectivity index (χ4n) is 2.89. The minimum absolute atomic E-state index is 0.699. The molecule has 1 aliphatic carbocycles. The standard InChI is InChI=1S/C15H18N2/c1-16-14-6-4-12(10-14)11-5-7-15-13(9-11)3-2-8-17-15/h2-3,5,7-9,12,14,16H,4,6,10H2,1H3. The van der Waals surface area contributed by atoms with E-state index in [2.05, 4.69) is 41.6 Å². The first-order valence-corrected chi connectivity index (χ1v) is 6.39. The first-order chi connectivity index (χ1) is 8.36. The zero-order chi connectivity index (χ0) is 11.7. The van der Waals surface area contributed by atoms with Crippen molar-refractivity contribution in [2.45, 2.75) is 31.2 Å². The van der Waals surface area contributed by atoms with Crippen molar-refractivity contribution in [2.24, 2.45) is 0 Å². The molecule has 2 aromatic rings. The molecule has 1 aliphatic rings. The first-order valence-electron chi connectivity index (χ1n) is 6.39. The van der Waals surface area contributed by atoms with Gasteiger partial charge in [0.1, 0.15) is 0 Å². The predicted molar refractivity (Wildman–Crippen MR) is 71.2 cm³/mol. The van der Waals surface area contributed by atoms with Crippen molar-refractivity contribution in [3.63, 3.8) is 0 Å². The lowest BCUT2D eigenvalue weighted by molar-refractivity contribution is 0.572. The Hall–Kier alpha value is -1.41. The van der Waals surface area contributed by atoms with Crippen molar-refractivity contribution >= 4 is 10.9 Å².